The summed E-state index contributed by atoms with van der Waals surface area (Å²) in [6, 6.07) is 0.396. The summed E-state index contributed by atoms with van der Waals surface area (Å²) in [4.78, 5) is 4.72. The molecule has 2 aliphatic heterocycles. The van der Waals surface area contributed by atoms with Crippen molar-refractivity contribution >= 4 is 0 Å². The van der Waals surface area contributed by atoms with E-state index in [4.69, 9.17) is 10.5 Å². The van der Waals surface area contributed by atoms with Gasteiger partial charge in [-0.25, -0.2) is 0 Å². The smallest absolute Gasteiger partial charge is 0.190 e. The van der Waals surface area contributed by atoms with Crippen LogP contribution in [0.25, 0.3) is 0 Å². The van der Waals surface area contributed by atoms with Crippen LogP contribution < -0.4 is 5.73 Å². The molecule has 4 nitrogen and oxygen atoms in total. The number of rotatable bonds is 4. The van der Waals surface area contributed by atoms with Gasteiger partial charge in [0.05, 0.1) is 0 Å². The van der Waals surface area contributed by atoms with E-state index in [9.17, 15) is 0 Å². The third kappa shape index (κ3) is 4.27. The van der Waals surface area contributed by atoms with Crippen molar-refractivity contribution in [3.8, 4) is 0 Å². The van der Waals surface area contributed by atoms with Crippen molar-refractivity contribution in [3.05, 3.63) is 47.9 Å². The van der Waals surface area contributed by atoms with E-state index >= 15 is 0 Å². The van der Waals surface area contributed by atoms with E-state index in [-0.39, 0.29) is 5.60 Å². The molecule has 0 aromatic rings. The van der Waals surface area contributed by atoms with E-state index in [0.29, 0.717) is 6.04 Å². The van der Waals surface area contributed by atoms with Gasteiger partial charge in [-0.15, -0.1) is 0 Å². The lowest BCUT2D eigenvalue weighted by molar-refractivity contribution is 0.0179. The third-order valence-electron chi connectivity index (χ3n) is 4.89. The Kier molecular flexibility index (Phi) is 4.93. The summed E-state index contributed by atoms with van der Waals surface area (Å²) in [6.45, 7) is 6.34. The predicted molar refractivity (Wildman–Crippen MR) is 94.8 cm³/mol. The Hall–Kier alpha value is -1.52. The van der Waals surface area contributed by atoms with Crippen LogP contribution in [0.15, 0.2) is 47.9 Å². The Morgan fingerprint density at radius 2 is 2.04 bits per heavy atom. The molecule has 1 fully saturated rings. The Labute approximate surface area is 140 Å². The predicted octanol–water partition coefficient (Wildman–Crippen LogP) is 2.41. The molecule has 0 saturated carbocycles. The van der Waals surface area contributed by atoms with E-state index < -0.39 is 0 Å². The average molecular weight is 315 g/mol. The Morgan fingerprint density at radius 3 is 2.70 bits per heavy atom. The average Bonchev–Trinajstić information content (AvgIpc) is 2.53. The van der Waals surface area contributed by atoms with Crippen molar-refractivity contribution in [2.45, 2.75) is 37.8 Å². The minimum atomic E-state index is -0.233. The molecule has 2 heterocycles. The second-order valence-corrected chi connectivity index (χ2v) is 7.21. The maximum Gasteiger partial charge on any atom is 0.190 e. The number of nitrogens with zero attached hydrogens (tertiary/aromatic N) is 2. The van der Waals surface area contributed by atoms with Gasteiger partial charge in [0.15, 0.2) is 5.88 Å². The van der Waals surface area contributed by atoms with E-state index in [1.165, 1.54) is 5.57 Å². The zero-order valence-electron chi connectivity index (χ0n) is 14.4. The molecule has 23 heavy (non-hydrogen) atoms. The van der Waals surface area contributed by atoms with Gasteiger partial charge < -0.3 is 15.4 Å². The molecule has 3 aliphatic rings. The van der Waals surface area contributed by atoms with Crippen molar-refractivity contribution < 1.29 is 4.74 Å². The molecule has 3 rings (SSSR count). The second-order valence-electron chi connectivity index (χ2n) is 7.21. The fraction of sp³-hybridized carbons (Fsp3) is 0.579. The number of hydrogen-bond donors (Lipinski definition) is 1. The molecule has 4 heteroatoms. The van der Waals surface area contributed by atoms with E-state index in [2.05, 4.69) is 60.2 Å². The summed E-state index contributed by atoms with van der Waals surface area (Å²) in [5.74, 6) is 0.955. The lowest BCUT2D eigenvalue weighted by Gasteiger charge is -2.36. The standard InChI is InChI=1S/C19H29N3O/c1-19(10-4-3-5-11-19)23-18-7-6-16(14-21(18)2)15-22-12-8-17(20)9-13-22/h3-7,10,17H,8-9,11-15,20H2,1-2H3. The summed E-state index contributed by atoms with van der Waals surface area (Å²) in [6.07, 6.45) is 15.9. The molecule has 0 radical (unpaired) electrons. The molecule has 1 unspecified atom stereocenters. The summed E-state index contributed by atoms with van der Waals surface area (Å²) in [5, 5.41) is 0. The second kappa shape index (κ2) is 6.93. The summed E-state index contributed by atoms with van der Waals surface area (Å²) in [7, 11) is 2.11. The van der Waals surface area contributed by atoms with Crippen LogP contribution in [0.4, 0.5) is 0 Å². The highest BCUT2D eigenvalue weighted by Gasteiger charge is 2.26. The molecule has 0 amide bonds. The summed E-state index contributed by atoms with van der Waals surface area (Å²) >= 11 is 0. The lowest BCUT2D eigenvalue weighted by Crippen LogP contribution is -2.42. The molecular weight excluding hydrogens is 286 g/mol. The van der Waals surface area contributed by atoms with Crippen molar-refractivity contribution in [2.24, 2.45) is 5.73 Å². The van der Waals surface area contributed by atoms with Crippen molar-refractivity contribution in [3.63, 3.8) is 0 Å². The van der Waals surface area contributed by atoms with Gasteiger partial charge in [0.1, 0.15) is 5.60 Å². The van der Waals surface area contributed by atoms with Gasteiger partial charge in [0.2, 0.25) is 0 Å². The van der Waals surface area contributed by atoms with Crippen LogP contribution in [-0.4, -0.2) is 54.7 Å². The first kappa shape index (κ1) is 16.3. The first-order valence-corrected chi connectivity index (χ1v) is 8.66. The number of ether oxygens (including phenoxy) is 1. The van der Waals surface area contributed by atoms with Crippen LogP contribution in [0.5, 0.6) is 0 Å². The molecular formula is C19H29N3O. The highest BCUT2D eigenvalue weighted by Crippen LogP contribution is 2.27. The quantitative estimate of drug-likeness (QED) is 0.865. The molecule has 2 N–H and O–H groups in total. The molecule has 0 bridgehead atoms. The van der Waals surface area contributed by atoms with Crippen molar-refractivity contribution in [2.75, 3.05) is 33.2 Å². The maximum atomic E-state index is 6.26. The first-order chi connectivity index (χ1) is 11.0. The minimum absolute atomic E-state index is 0.233. The normalized spacial score (nSPS) is 29.4. The van der Waals surface area contributed by atoms with Gasteiger partial charge in [-0.1, -0.05) is 24.3 Å². The van der Waals surface area contributed by atoms with Gasteiger partial charge in [-0.2, -0.15) is 0 Å². The monoisotopic (exact) mass is 315 g/mol. The number of nitrogens with two attached hydrogens (primary N) is 1. The van der Waals surface area contributed by atoms with Crippen LogP contribution in [0.3, 0.4) is 0 Å². The van der Waals surface area contributed by atoms with Crippen LogP contribution in [0.1, 0.15) is 26.2 Å². The number of allylic oxidation sites excluding steroid dienone is 4. The van der Waals surface area contributed by atoms with Crippen LogP contribution in [-0.2, 0) is 4.74 Å². The SMILES string of the molecule is CN1CC(CN2CCC(N)CC2)=CC=C1OC1(C)C=CC=CC1. The van der Waals surface area contributed by atoms with Gasteiger partial charge in [-0.05, 0) is 50.6 Å². The highest BCUT2D eigenvalue weighted by molar-refractivity contribution is 5.25. The maximum absolute atomic E-state index is 6.26. The Balaban J connectivity index is 1.59. The molecule has 1 aliphatic carbocycles. The molecule has 0 aromatic carbocycles. The van der Waals surface area contributed by atoms with Gasteiger partial charge in [-0.3, -0.25) is 4.90 Å². The molecule has 1 saturated heterocycles. The zero-order chi connectivity index (χ0) is 16.3. The number of piperidine rings is 1. The first-order valence-electron chi connectivity index (χ1n) is 8.66. The Bertz CT molecular complexity index is 541. The van der Waals surface area contributed by atoms with Gasteiger partial charge >= 0.3 is 0 Å². The number of hydrogen-bond acceptors (Lipinski definition) is 4. The fourth-order valence-corrected chi connectivity index (χ4v) is 3.39. The zero-order valence-corrected chi connectivity index (χ0v) is 14.4. The molecule has 1 atom stereocenters. The van der Waals surface area contributed by atoms with E-state index in [1.807, 2.05) is 0 Å². The Morgan fingerprint density at radius 1 is 1.26 bits per heavy atom. The van der Waals surface area contributed by atoms with Gasteiger partial charge in [0.25, 0.3) is 0 Å². The largest absolute Gasteiger partial charge is 0.468 e. The van der Waals surface area contributed by atoms with E-state index in [1.54, 1.807) is 0 Å². The van der Waals surface area contributed by atoms with Crippen molar-refractivity contribution in [1.29, 1.82) is 0 Å². The lowest BCUT2D eigenvalue weighted by atomic mass is 9.97. The molecule has 0 aromatic heterocycles. The van der Waals surface area contributed by atoms with Crippen LogP contribution >= 0.6 is 0 Å². The fourth-order valence-electron chi connectivity index (χ4n) is 3.39. The number of likely N-dealkylation sites (tertiary alicyclic amines) is 1. The summed E-state index contributed by atoms with van der Waals surface area (Å²) < 4.78 is 6.26. The topological polar surface area (TPSA) is 41.7 Å². The molecule has 126 valence electrons. The van der Waals surface area contributed by atoms with E-state index in [0.717, 1.165) is 51.3 Å². The highest BCUT2D eigenvalue weighted by atomic mass is 16.5. The van der Waals surface area contributed by atoms with Crippen molar-refractivity contribution in [1.82, 2.24) is 9.80 Å². The third-order valence-corrected chi connectivity index (χ3v) is 4.89. The number of likely N-dealkylation sites (N-methyl/N-ethyl adjacent to an activating group) is 1. The van der Waals surface area contributed by atoms with Gasteiger partial charge in [0, 0.05) is 32.6 Å². The summed E-state index contributed by atoms with van der Waals surface area (Å²) in [5.41, 5.74) is 7.20. The van der Waals surface area contributed by atoms with Crippen LogP contribution in [0.2, 0.25) is 0 Å². The molecule has 0 spiro atoms. The minimum Gasteiger partial charge on any atom is -0.468 e. The van der Waals surface area contributed by atoms with Crippen LogP contribution in [0, 0.1) is 0 Å².